The average molecular weight is 656 g/mol. The maximum absolute atomic E-state index is 6.61. The van der Waals surface area contributed by atoms with Gasteiger partial charge in [-0.2, -0.15) is 4.67 Å². The molecule has 3 nitrogen and oxygen atoms in total. The number of fused-ring (bicyclic) bond motifs is 4. The summed E-state index contributed by atoms with van der Waals surface area (Å²) in [6.07, 6.45) is 15.7. The van der Waals surface area contributed by atoms with Gasteiger partial charge in [0.25, 0.3) is 0 Å². The summed E-state index contributed by atoms with van der Waals surface area (Å²) in [5.74, 6) is 3.16. The van der Waals surface area contributed by atoms with Crippen molar-refractivity contribution in [2.75, 3.05) is 21.1 Å². The maximum atomic E-state index is 6.61. The third-order valence-corrected chi connectivity index (χ3v) is 16.5. The molecule has 0 aromatic heterocycles. The van der Waals surface area contributed by atoms with Crippen molar-refractivity contribution < 1.29 is 9.33 Å². The minimum Gasteiger partial charge on any atom is -0.457 e. The number of nitrogens with zero attached hydrogens (tertiary/aromatic N) is 2. The Balaban J connectivity index is 1.58. The number of hydrogen-bond donors (Lipinski definition) is 0. The van der Waals surface area contributed by atoms with Gasteiger partial charge in [0.05, 0.1) is 26.7 Å². The van der Waals surface area contributed by atoms with Crippen LogP contribution in [0.15, 0.2) is 60.2 Å². The molecule has 47 heavy (non-hydrogen) atoms. The van der Waals surface area contributed by atoms with Crippen LogP contribution < -0.4 is 4.74 Å². The fourth-order valence-electron chi connectivity index (χ4n) is 10.4. The Morgan fingerprint density at radius 1 is 0.830 bits per heavy atom. The Labute approximate surface area is 290 Å². The first-order chi connectivity index (χ1) is 21.8. The summed E-state index contributed by atoms with van der Waals surface area (Å²) in [4.78, 5) is 0. The fraction of sp³-hybridized carbons (Fsp3) is 0.628. The smallest absolute Gasteiger partial charge is 0.191 e. The second-order valence-corrected chi connectivity index (χ2v) is 23.0. The highest BCUT2D eigenvalue weighted by Crippen LogP contribution is 2.62. The number of rotatable bonds is 11. The van der Waals surface area contributed by atoms with Crippen LogP contribution in [0.1, 0.15) is 123 Å². The van der Waals surface area contributed by atoms with Crippen molar-refractivity contribution in [1.82, 2.24) is 4.67 Å². The molecule has 5 rings (SSSR count). The predicted octanol–water partition coefficient (Wildman–Crippen LogP) is 12.1. The Morgan fingerprint density at radius 3 is 1.96 bits per heavy atom. The molecule has 0 amide bonds. The van der Waals surface area contributed by atoms with E-state index in [9.17, 15) is 0 Å². The van der Waals surface area contributed by atoms with Gasteiger partial charge in [0, 0.05) is 5.41 Å². The van der Waals surface area contributed by atoms with Crippen molar-refractivity contribution in [3.8, 4) is 11.5 Å². The SMILES string of the molecule is CCCCC1(CCCC)C2=CC3C(C=C2c2ccc(Oc4ccc(C(C)(C)C)cc4)cc21)CCC3[Si](C)(C)N(C(C)(C)C)[N+](C)(C)C. The van der Waals surface area contributed by atoms with Crippen LogP contribution in [0.25, 0.3) is 5.57 Å². The molecule has 0 bridgehead atoms. The maximum Gasteiger partial charge on any atom is 0.191 e. The third-order valence-electron chi connectivity index (χ3n) is 11.7. The zero-order chi connectivity index (χ0) is 34.6. The molecule has 258 valence electrons. The van der Waals surface area contributed by atoms with Gasteiger partial charge in [0.2, 0.25) is 0 Å². The molecule has 0 heterocycles. The average Bonchev–Trinajstić information content (AvgIpc) is 3.49. The van der Waals surface area contributed by atoms with E-state index in [1.165, 1.54) is 68.1 Å². The second-order valence-electron chi connectivity index (χ2n) is 18.5. The Morgan fingerprint density at radius 2 is 1.43 bits per heavy atom. The molecule has 0 aliphatic heterocycles. The first-order valence-corrected chi connectivity index (χ1v) is 21.9. The van der Waals surface area contributed by atoms with Crippen molar-refractivity contribution in [3.05, 3.63) is 76.9 Å². The van der Waals surface area contributed by atoms with Crippen LogP contribution in [0.4, 0.5) is 0 Å². The second kappa shape index (κ2) is 13.0. The molecule has 3 aliphatic carbocycles. The molecule has 3 atom stereocenters. The van der Waals surface area contributed by atoms with Gasteiger partial charge < -0.3 is 4.74 Å². The van der Waals surface area contributed by atoms with E-state index >= 15 is 0 Å². The minimum absolute atomic E-state index is 0.0657. The number of unbranched alkanes of at least 4 members (excludes halogenated alkanes) is 2. The number of hydrogen-bond acceptors (Lipinski definition) is 2. The monoisotopic (exact) mass is 656 g/mol. The zero-order valence-corrected chi connectivity index (χ0v) is 33.4. The van der Waals surface area contributed by atoms with E-state index in [-0.39, 0.29) is 16.4 Å². The van der Waals surface area contributed by atoms with Crippen LogP contribution in [-0.2, 0) is 10.8 Å². The topological polar surface area (TPSA) is 12.5 Å². The Kier molecular flexibility index (Phi) is 9.96. The van der Waals surface area contributed by atoms with E-state index in [0.29, 0.717) is 11.8 Å². The van der Waals surface area contributed by atoms with Crippen molar-refractivity contribution >= 4 is 13.8 Å². The lowest BCUT2D eigenvalue weighted by molar-refractivity contribution is -0.978. The number of benzene rings is 2. The molecule has 1 fully saturated rings. The quantitative estimate of drug-likeness (QED) is 0.136. The first-order valence-electron chi connectivity index (χ1n) is 18.8. The van der Waals surface area contributed by atoms with Gasteiger partial charge in [0.1, 0.15) is 11.5 Å². The van der Waals surface area contributed by atoms with Crippen LogP contribution in [0.2, 0.25) is 18.6 Å². The summed E-state index contributed by atoms with van der Waals surface area (Å²) in [5, 5.41) is 0. The van der Waals surface area contributed by atoms with E-state index in [1.54, 1.807) is 11.1 Å². The third kappa shape index (κ3) is 6.86. The summed E-state index contributed by atoms with van der Waals surface area (Å²) in [6.45, 7) is 24.2. The molecular formula is C43H67N2OSi+. The molecule has 2 aromatic carbocycles. The lowest BCUT2D eigenvalue weighted by Gasteiger charge is -2.55. The summed E-state index contributed by atoms with van der Waals surface area (Å²) in [5.41, 5.74) is 8.60. The lowest BCUT2D eigenvalue weighted by Crippen LogP contribution is -2.71. The van der Waals surface area contributed by atoms with Gasteiger partial charge in [-0.1, -0.05) is 110 Å². The predicted molar refractivity (Wildman–Crippen MR) is 206 cm³/mol. The van der Waals surface area contributed by atoms with Gasteiger partial charge in [-0.15, -0.1) is 0 Å². The number of allylic oxidation sites excluding steroid dienone is 4. The fourth-order valence-corrected chi connectivity index (χ4v) is 16.1. The standard InChI is InChI=1S/C43H67N2OSi/c1-14-16-26-43(27-17-15-2)38-29-34(46-33-21-19-32(20-22-33)41(3,4)5)23-24-35(38)37-28-31-18-25-40(36(31)30-39(37)43)47(12,13)44(42(6,7)8)45(9,10)11/h19-24,28-31,36,40H,14-18,25-27H2,1-13H3/q+1. The summed E-state index contributed by atoms with van der Waals surface area (Å²) >= 11 is 0. The molecule has 3 aliphatic rings. The normalized spacial score (nSPS) is 22.5. The first kappa shape index (κ1) is 36.1. The van der Waals surface area contributed by atoms with Gasteiger partial charge in [0.15, 0.2) is 8.24 Å². The van der Waals surface area contributed by atoms with Gasteiger partial charge in [-0.25, -0.2) is 0 Å². The van der Waals surface area contributed by atoms with Crippen LogP contribution in [0.3, 0.4) is 0 Å². The van der Waals surface area contributed by atoms with Crippen molar-refractivity contribution in [1.29, 1.82) is 0 Å². The molecule has 3 unspecified atom stereocenters. The highest BCUT2D eigenvalue weighted by Gasteiger charge is 2.56. The molecule has 0 N–H and O–H groups in total. The summed E-state index contributed by atoms with van der Waals surface area (Å²) in [6, 6.07) is 15.8. The highest BCUT2D eigenvalue weighted by molar-refractivity contribution is 6.76. The van der Waals surface area contributed by atoms with Crippen molar-refractivity contribution in [3.63, 3.8) is 0 Å². The van der Waals surface area contributed by atoms with E-state index < -0.39 is 8.24 Å². The molecule has 0 saturated heterocycles. The molecule has 2 aromatic rings. The molecule has 1 saturated carbocycles. The van der Waals surface area contributed by atoms with Crippen molar-refractivity contribution in [2.24, 2.45) is 11.8 Å². The summed E-state index contributed by atoms with van der Waals surface area (Å²) in [7, 11) is 5.30. The van der Waals surface area contributed by atoms with Crippen LogP contribution in [0.5, 0.6) is 11.5 Å². The zero-order valence-electron chi connectivity index (χ0n) is 32.4. The van der Waals surface area contributed by atoms with Gasteiger partial charge in [-0.3, -0.25) is 4.59 Å². The highest BCUT2D eigenvalue weighted by atomic mass is 28.3. The largest absolute Gasteiger partial charge is 0.457 e. The summed E-state index contributed by atoms with van der Waals surface area (Å²) < 4.78 is 10.4. The van der Waals surface area contributed by atoms with Crippen LogP contribution >= 0.6 is 0 Å². The minimum atomic E-state index is -1.86. The van der Waals surface area contributed by atoms with Gasteiger partial charge >= 0.3 is 0 Å². The van der Waals surface area contributed by atoms with E-state index in [4.69, 9.17) is 4.74 Å². The molecule has 4 heteroatoms. The van der Waals surface area contributed by atoms with E-state index in [1.807, 2.05) is 0 Å². The lowest BCUT2D eigenvalue weighted by atomic mass is 9.68. The van der Waals surface area contributed by atoms with Crippen LogP contribution in [-0.4, -0.2) is 44.2 Å². The number of ether oxygens (including phenoxy) is 1. The van der Waals surface area contributed by atoms with E-state index in [0.717, 1.165) is 21.6 Å². The molecule has 0 radical (unpaired) electrons. The van der Waals surface area contributed by atoms with Crippen molar-refractivity contribution in [2.45, 2.75) is 142 Å². The van der Waals surface area contributed by atoms with E-state index in [2.05, 4.69) is 149 Å². The van der Waals surface area contributed by atoms with Gasteiger partial charge in [-0.05, 0) is 115 Å². The molecular weight excluding hydrogens is 589 g/mol. The van der Waals surface area contributed by atoms with Crippen LogP contribution in [0, 0.1) is 11.8 Å². The molecule has 0 spiro atoms. The Bertz CT molecular complexity index is 1460. The Hall–Kier alpha value is -2.14. The number of quaternary nitrogens is 1.